The van der Waals surface area contributed by atoms with Gasteiger partial charge in [-0.2, -0.15) is 10.2 Å². The van der Waals surface area contributed by atoms with Crippen LogP contribution in [0.1, 0.15) is 28.7 Å². The van der Waals surface area contributed by atoms with Crippen LogP contribution in [0.5, 0.6) is 11.6 Å². The van der Waals surface area contributed by atoms with Gasteiger partial charge in [0.1, 0.15) is 17.3 Å². The minimum absolute atomic E-state index is 0.117. The minimum Gasteiger partial charge on any atom is -0.437 e. The summed E-state index contributed by atoms with van der Waals surface area (Å²) in [7, 11) is 1.81. The van der Waals surface area contributed by atoms with Gasteiger partial charge in [0, 0.05) is 19.7 Å². The lowest BCUT2D eigenvalue weighted by molar-refractivity contribution is 0.0918. The van der Waals surface area contributed by atoms with Gasteiger partial charge in [-0.15, -0.1) is 10.2 Å². The van der Waals surface area contributed by atoms with E-state index >= 15 is 0 Å². The van der Waals surface area contributed by atoms with Gasteiger partial charge in [-0.1, -0.05) is 0 Å². The van der Waals surface area contributed by atoms with Gasteiger partial charge in [0.05, 0.1) is 24.3 Å². The van der Waals surface area contributed by atoms with E-state index in [2.05, 4.69) is 35.8 Å². The fourth-order valence-corrected chi connectivity index (χ4v) is 3.03. The predicted octanol–water partition coefficient (Wildman–Crippen LogP) is 1.98. The Kier molecular flexibility index (Phi) is 6.28. The fourth-order valence-electron chi connectivity index (χ4n) is 3.03. The Balaban J connectivity index is 1.60. The first kappa shape index (κ1) is 22.6. The average molecular weight is 459 g/mol. The van der Waals surface area contributed by atoms with Crippen LogP contribution in [-0.2, 0) is 7.05 Å². The number of nitrogens with one attached hydrogen (secondary N) is 2. The van der Waals surface area contributed by atoms with E-state index in [0.717, 1.165) is 5.56 Å². The fraction of sp³-hybridized carbons (Fsp3) is 0.227. The molecule has 172 valence electrons. The number of ether oxygens (including phenoxy) is 1. The van der Waals surface area contributed by atoms with Crippen molar-refractivity contribution in [1.82, 2.24) is 35.0 Å². The lowest BCUT2D eigenvalue weighted by Crippen LogP contribution is -2.31. The van der Waals surface area contributed by atoms with Gasteiger partial charge in [-0.3, -0.25) is 4.79 Å². The van der Waals surface area contributed by atoms with Crippen molar-refractivity contribution in [3.05, 3.63) is 53.7 Å². The van der Waals surface area contributed by atoms with Crippen molar-refractivity contribution in [3.63, 3.8) is 0 Å². The maximum Gasteiger partial charge on any atom is 0.271 e. The van der Waals surface area contributed by atoms with Gasteiger partial charge in [-0.05, 0) is 37.6 Å². The van der Waals surface area contributed by atoms with Crippen LogP contribution in [0.25, 0.3) is 11.2 Å². The summed E-state index contributed by atoms with van der Waals surface area (Å²) < 4.78 is 7.69. The number of imidazole rings is 1. The van der Waals surface area contributed by atoms with Crippen molar-refractivity contribution < 1.29 is 14.6 Å². The lowest BCUT2D eigenvalue weighted by Gasteiger charge is -2.11. The van der Waals surface area contributed by atoms with Crippen LogP contribution in [0.3, 0.4) is 0 Å². The highest BCUT2D eigenvalue weighted by Crippen LogP contribution is 2.30. The smallest absolute Gasteiger partial charge is 0.271 e. The first-order valence-electron chi connectivity index (χ1n) is 10.3. The van der Waals surface area contributed by atoms with Crippen molar-refractivity contribution in [2.24, 2.45) is 7.05 Å². The summed E-state index contributed by atoms with van der Waals surface area (Å²) >= 11 is 0. The van der Waals surface area contributed by atoms with Gasteiger partial charge in [0.2, 0.25) is 5.88 Å². The number of rotatable bonds is 7. The largest absolute Gasteiger partial charge is 0.437 e. The maximum absolute atomic E-state index is 12.1. The Labute approximate surface area is 194 Å². The monoisotopic (exact) mass is 459 g/mol. The molecule has 0 saturated heterocycles. The molecule has 0 aliphatic carbocycles. The number of carbonyl (C=O) groups is 1. The minimum atomic E-state index is -0.661. The van der Waals surface area contributed by atoms with Gasteiger partial charge < -0.3 is 25.0 Å². The average Bonchev–Trinajstić information content (AvgIpc) is 3.20. The molecule has 0 bridgehead atoms. The SMILES string of the molecule is Cc1cc(C#N)ncc1Oc1cc(Nc2ccc(C(=O)NCC(C)O)nn2)c2ncn(C)c2n1. The number of anilines is 2. The molecule has 0 radical (unpaired) electrons. The van der Waals surface area contributed by atoms with Gasteiger partial charge in [0.25, 0.3) is 5.91 Å². The second-order valence-corrected chi connectivity index (χ2v) is 7.57. The summed E-state index contributed by atoms with van der Waals surface area (Å²) in [5.41, 5.74) is 2.88. The predicted molar refractivity (Wildman–Crippen MR) is 122 cm³/mol. The van der Waals surface area contributed by atoms with Crippen LogP contribution in [-0.4, -0.2) is 53.4 Å². The number of hydrogen-bond donors (Lipinski definition) is 3. The van der Waals surface area contributed by atoms with Crippen LogP contribution >= 0.6 is 0 Å². The molecular weight excluding hydrogens is 438 g/mol. The Morgan fingerprint density at radius 3 is 2.79 bits per heavy atom. The molecule has 34 heavy (non-hydrogen) atoms. The molecule has 12 heteroatoms. The molecule has 4 heterocycles. The Morgan fingerprint density at radius 2 is 2.12 bits per heavy atom. The van der Waals surface area contributed by atoms with E-state index in [9.17, 15) is 9.90 Å². The Hall–Kier alpha value is -4.63. The van der Waals surface area contributed by atoms with Crippen LogP contribution in [0.4, 0.5) is 11.5 Å². The quantitative estimate of drug-likeness (QED) is 0.372. The lowest BCUT2D eigenvalue weighted by atomic mass is 10.2. The first-order valence-corrected chi connectivity index (χ1v) is 10.3. The topological polar surface area (TPSA) is 164 Å². The zero-order valence-electron chi connectivity index (χ0n) is 18.6. The molecule has 0 spiro atoms. The third-order valence-electron chi connectivity index (χ3n) is 4.75. The van der Waals surface area contributed by atoms with E-state index in [1.54, 1.807) is 36.0 Å². The van der Waals surface area contributed by atoms with Crippen LogP contribution < -0.4 is 15.4 Å². The van der Waals surface area contributed by atoms with E-state index in [-0.39, 0.29) is 18.1 Å². The zero-order valence-corrected chi connectivity index (χ0v) is 18.6. The molecule has 0 aliphatic rings. The number of amides is 1. The molecule has 0 saturated carbocycles. The molecule has 1 atom stereocenters. The third kappa shape index (κ3) is 4.89. The summed E-state index contributed by atoms with van der Waals surface area (Å²) in [6, 6.07) is 8.41. The highest BCUT2D eigenvalue weighted by Gasteiger charge is 2.15. The number of pyridine rings is 2. The van der Waals surface area contributed by atoms with E-state index in [4.69, 9.17) is 10.00 Å². The third-order valence-corrected chi connectivity index (χ3v) is 4.75. The highest BCUT2D eigenvalue weighted by atomic mass is 16.5. The van der Waals surface area contributed by atoms with E-state index in [1.807, 2.05) is 20.0 Å². The Morgan fingerprint density at radius 1 is 1.29 bits per heavy atom. The number of nitrogens with zero attached hydrogens (tertiary/aromatic N) is 7. The molecule has 4 aromatic rings. The Bertz CT molecular complexity index is 1390. The second-order valence-electron chi connectivity index (χ2n) is 7.57. The summed E-state index contributed by atoms with van der Waals surface area (Å²) in [5.74, 6) is 0.701. The number of hydrogen-bond acceptors (Lipinski definition) is 10. The molecule has 3 N–H and O–H groups in total. The molecule has 4 rings (SSSR count). The van der Waals surface area contributed by atoms with Crippen LogP contribution in [0.2, 0.25) is 0 Å². The van der Waals surface area contributed by atoms with Crippen molar-refractivity contribution in [2.75, 3.05) is 11.9 Å². The summed E-state index contributed by atoms with van der Waals surface area (Å²) in [4.78, 5) is 25.0. The number of carbonyl (C=O) groups excluding carboxylic acids is 1. The molecule has 4 aromatic heterocycles. The van der Waals surface area contributed by atoms with E-state index < -0.39 is 12.0 Å². The van der Waals surface area contributed by atoms with Gasteiger partial charge >= 0.3 is 0 Å². The first-order chi connectivity index (χ1) is 16.3. The molecule has 0 aliphatic heterocycles. The van der Waals surface area contributed by atoms with Crippen molar-refractivity contribution in [2.45, 2.75) is 20.0 Å². The van der Waals surface area contributed by atoms with Crippen molar-refractivity contribution in [3.8, 4) is 17.7 Å². The standard InChI is InChI=1S/C22H21N9O3/c1-12-6-14(8-23)24-10-17(12)34-19-7-16(20-21(28-19)31(3)11-26-20)27-18-5-4-15(29-30-18)22(33)25-9-13(2)32/h4-7,10-11,13,32H,9H2,1-3H3,(H,25,33)(H,27,28,30). The summed E-state index contributed by atoms with van der Waals surface area (Å²) in [5, 5.41) is 32.0. The van der Waals surface area contributed by atoms with Gasteiger partial charge in [-0.25, -0.2) is 9.97 Å². The zero-order chi connectivity index (χ0) is 24.2. The van der Waals surface area contributed by atoms with Crippen molar-refractivity contribution >= 4 is 28.6 Å². The normalized spacial score (nSPS) is 11.6. The number of aliphatic hydroxyl groups excluding tert-OH is 1. The number of aryl methyl sites for hydroxylation is 2. The number of fused-ring (bicyclic) bond motifs is 1. The second kappa shape index (κ2) is 9.47. The maximum atomic E-state index is 12.1. The molecule has 1 amide bonds. The molecule has 0 aromatic carbocycles. The van der Waals surface area contributed by atoms with Crippen LogP contribution in [0.15, 0.2) is 36.8 Å². The van der Waals surface area contributed by atoms with Crippen molar-refractivity contribution in [1.29, 1.82) is 5.26 Å². The van der Waals surface area contributed by atoms with E-state index in [0.29, 0.717) is 34.1 Å². The number of aliphatic hydroxyl groups is 1. The highest BCUT2D eigenvalue weighted by molar-refractivity contribution is 5.92. The van der Waals surface area contributed by atoms with Gasteiger partial charge in [0.15, 0.2) is 22.9 Å². The van der Waals surface area contributed by atoms with E-state index in [1.165, 1.54) is 12.3 Å². The summed E-state index contributed by atoms with van der Waals surface area (Å²) in [6.07, 6.45) is 2.44. The molecule has 1 unspecified atom stereocenters. The van der Waals surface area contributed by atoms with Crippen LogP contribution in [0, 0.1) is 18.3 Å². The number of aromatic nitrogens is 6. The molecule has 12 nitrogen and oxygen atoms in total. The molecule has 0 fully saturated rings. The molecular formula is C22H21N9O3. The summed E-state index contributed by atoms with van der Waals surface area (Å²) in [6.45, 7) is 3.50. The number of nitriles is 1.